The van der Waals surface area contributed by atoms with E-state index in [-0.39, 0.29) is 0 Å². The second-order valence-electron chi connectivity index (χ2n) is 4.04. The SMILES string of the molecule is N#Cc1sc(NCC2CCCC2)cc1N. The minimum absolute atomic E-state index is 0.594. The topological polar surface area (TPSA) is 61.8 Å². The van der Waals surface area contributed by atoms with E-state index < -0.39 is 0 Å². The molecule has 3 N–H and O–H groups in total. The Kier molecular flexibility index (Phi) is 3.12. The lowest BCUT2D eigenvalue weighted by molar-refractivity contribution is 0.580. The second kappa shape index (κ2) is 4.54. The van der Waals surface area contributed by atoms with Gasteiger partial charge in [-0.1, -0.05) is 12.8 Å². The Morgan fingerprint density at radius 3 is 2.87 bits per heavy atom. The number of nitrogens with zero attached hydrogens (tertiary/aromatic N) is 1. The van der Waals surface area contributed by atoms with E-state index in [1.54, 1.807) is 0 Å². The van der Waals surface area contributed by atoms with E-state index in [2.05, 4.69) is 11.4 Å². The fraction of sp³-hybridized carbons (Fsp3) is 0.545. The molecular formula is C11H15N3S. The van der Waals surface area contributed by atoms with Crippen molar-refractivity contribution in [2.24, 2.45) is 5.92 Å². The molecule has 0 amide bonds. The number of nitrogens with two attached hydrogens (primary N) is 1. The highest BCUT2D eigenvalue weighted by atomic mass is 32.1. The average molecular weight is 221 g/mol. The quantitative estimate of drug-likeness (QED) is 0.825. The Bertz CT molecular complexity index is 372. The number of nitriles is 1. The molecule has 1 fully saturated rings. The summed E-state index contributed by atoms with van der Waals surface area (Å²) in [5.41, 5.74) is 6.28. The first-order valence-electron chi connectivity index (χ1n) is 5.33. The zero-order valence-electron chi connectivity index (χ0n) is 8.62. The van der Waals surface area contributed by atoms with Gasteiger partial charge in [-0.05, 0) is 24.8 Å². The van der Waals surface area contributed by atoms with E-state index in [4.69, 9.17) is 11.0 Å². The van der Waals surface area contributed by atoms with Gasteiger partial charge in [-0.15, -0.1) is 11.3 Å². The van der Waals surface area contributed by atoms with Crippen LogP contribution in [0.1, 0.15) is 30.6 Å². The van der Waals surface area contributed by atoms with Crippen LogP contribution in [0.5, 0.6) is 0 Å². The molecule has 0 aromatic carbocycles. The maximum absolute atomic E-state index is 8.76. The van der Waals surface area contributed by atoms with Crippen molar-refractivity contribution in [1.82, 2.24) is 0 Å². The smallest absolute Gasteiger partial charge is 0.129 e. The van der Waals surface area contributed by atoms with Crippen LogP contribution in [0, 0.1) is 17.2 Å². The predicted molar refractivity (Wildman–Crippen MR) is 63.9 cm³/mol. The fourth-order valence-electron chi connectivity index (χ4n) is 2.04. The Hall–Kier alpha value is -1.21. The Labute approximate surface area is 93.9 Å². The van der Waals surface area contributed by atoms with Gasteiger partial charge in [-0.25, -0.2) is 0 Å². The van der Waals surface area contributed by atoms with Gasteiger partial charge in [-0.3, -0.25) is 0 Å². The fourth-order valence-corrected chi connectivity index (χ4v) is 2.82. The molecule has 3 nitrogen and oxygen atoms in total. The minimum atomic E-state index is 0.594. The van der Waals surface area contributed by atoms with Gasteiger partial charge in [0.25, 0.3) is 0 Å². The lowest BCUT2D eigenvalue weighted by Crippen LogP contribution is -2.09. The third kappa shape index (κ3) is 2.42. The lowest BCUT2D eigenvalue weighted by Gasteiger charge is -2.09. The largest absolute Gasteiger partial charge is 0.397 e. The van der Waals surface area contributed by atoms with Gasteiger partial charge < -0.3 is 11.1 Å². The van der Waals surface area contributed by atoms with Crippen LogP contribution >= 0.6 is 11.3 Å². The van der Waals surface area contributed by atoms with Crippen molar-refractivity contribution < 1.29 is 0 Å². The molecule has 80 valence electrons. The third-order valence-corrected chi connectivity index (χ3v) is 3.92. The number of nitrogen functional groups attached to an aromatic ring is 1. The van der Waals surface area contributed by atoms with Gasteiger partial charge in [-0.2, -0.15) is 5.26 Å². The van der Waals surface area contributed by atoms with E-state index in [9.17, 15) is 0 Å². The minimum Gasteiger partial charge on any atom is -0.397 e. The van der Waals surface area contributed by atoms with E-state index in [0.717, 1.165) is 17.5 Å². The Balaban J connectivity index is 1.90. The van der Waals surface area contributed by atoms with Crippen molar-refractivity contribution >= 4 is 22.0 Å². The summed E-state index contributed by atoms with van der Waals surface area (Å²) < 4.78 is 0. The molecular weight excluding hydrogens is 206 g/mol. The molecule has 1 aromatic heterocycles. The molecule has 1 aliphatic carbocycles. The van der Waals surface area contributed by atoms with Crippen molar-refractivity contribution in [2.75, 3.05) is 17.6 Å². The molecule has 1 heterocycles. The van der Waals surface area contributed by atoms with Crippen molar-refractivity contribution in [2.45, 2.75) is 25.7 Å². The van der Waals surface area contributed by atoms with Crippen LogP contribution < -0.4 is 11.1 Å². The van der Waals surface area contributed by atoms with Crippen LogP contribution in [-0.2, 0) is 0 Å². The first kappa shape index (κ1) is 10.3. The maximum Gasteiger partial charge on any atom is 0.129 e. The third-order valence-electron chi connectivity index (χ3n) is 2.90. The molecule has 1 saturated carbocycles. The highest BCUT2D eigenvalue weighted by Crippen LogP contribution is 2.30. The maximum atomic E-state index is 8.76. The zero-order valence-corrected chi connectivity index (χ0v) is 9.44. The van der Waals surface area contributed by atoms with E-state index in [1.807, 2.05) is 6.07 Å². The molecule has 0 atom stereocenters. The predicted octanol–water partition coefficient (Wildman–Crippen LogP) is 2.80. The monoisotopic (exact) mass is 221 g/mol. The van der Waals surface area contributed by atoms with Gasteiger partial charge in [0.2, 0.25) is 0 Å². The molecule has 15 heavy (non-hydrogen) atoms. The first-order chi connectivity index (χ1) is 7.29. The molecule has 1 aliphatic rings. The van der Waals surface area contributed by atoms with Crippen LogP contribution in [0.4, 0.5) is 10.7 Å². The summed E-state index contributed by atoms with van der Waals surface area (Å²) in [7, 11) is 0. The summed E-state index contributed by atoms with van der Waals surface area (Å²) in [6, 6.07) is 3.96. The lowest BCUT2D eigenvalue weighted by atomic mass is 10.1. The van der Waals surface area contributed by atoms with Crippen molar-refractivity contribution in [3.63, 3.8) is 0 Å². The number of hydrogen-bond acceptors (Lipinski definition) is 4. The highest BCUT2D eigenvalue weighted by molar-refractivity contribution is 7.17. The van der Waals surface area contributed by atoms with Gasteiger partial charge in [0, 0.05) is 6.54 Å². The van der Waals surface area contributed by atoms with Gasteiger partial charge in [0.05, 0.1) is 10.7 Å². The van der Waals surface area contributed by atoms with Gasteiger partial charge in [0.1, 0.15) is 10.9 Å². The Morgan fingerprint density at radius 1 is 1.53 bits per heavy atom. The molecule has 0 saturated heterocycles. The van der Waals surface area contributed by atoms with E-state index in [0.29, 0.717) is 10.6 Å². The van der Waals surface area contributed by atoms with E-state index >= 15 is 0 Å². The van der Waals surface area contributed by atoms with Crippen molar-refractivity contribution in [3.05, 3.63) is 10.9 Å². The number of anilines is 2. The summed E-state index contributed by atoms with van der Waals surface area (Å²) in [6.45, 7) is 1.02. The summed E-state index contributed by atoms with van der Waals surface area (Å²) in [6.07, 6.45) is 5.39. The zero-order chi connectivity index (χ0) is 10.7. The van der Waals surface area contributed by atoms with Crippen LogP contribution in [0.25, 0.3) is 0 Å². The average Bonchev–Trinajstić information content (AvgIpc) is 2.83. The molecule has 1 aromatic rings. The number of nitrogens with one attached hydrogen (secondary N) is 1. The number of hydrogen-bond donors (Lipinski definition) is 2. The summed E-state index contributed by atoms with van der Waals surface area (Å²) in [5.74, 6) is 0.805. The molecule has 0 aliphatic heterocycles. The number of thiophene rings is 1. The first-order valence-corrected chi connectivity index (χ1v) is 6.14. The molecule has 0 bridgehead atoms. The van der Waals surface area contributed by atoms with Crippen molar-refractivity contribution in [1.29, 1.82) is 5.26 Å². The summed E-state index contributed by atoms with van der Waals surface area (Å²) >= 11 is 1.45. The van der Waals surface area contributed by atoms with Gasteiger partial charge >= 0.3 is 0 Å². The standard InChI is InChI=1S/C11H15N3S/c12-6-10-9(13)5-11(15-10)14-7-8-3-1-2-4-8/h5,8,14H,1-4,7,13H2. The normalized spacial score (nSPS) is 16.5. The molecule has 0 spiro atoms. The van der Waals surface area contributed by atoms with Crippen LogP contribution in [0.3, 0.4) is 0 Å². The van der Waals surface area contributed by atoms with Crippen LogP contribution in [-0.4, -0.2) is 6.54 Å². The van der Waals surface area contributed by atoms with Crippen LogP contribution in [0.2, 0.25) is 0 Å². The summed E-state index contributed by atoms with van der Waals surface area (Å²) in [4.78, 5) is 0.615. The van der Waals surface area contributed by atoms with Gasteiger partial charge in [0.15, 0.2) is 0 Å². The number of rotatable bonds is 3. The summed E-state index contributed by atoms with van der Waals surface area (Å²) in [5, 5.41) is 13.2. The van der Waals surface area contributed by atoms with Crippen molar-refractivity contribution in [3.8, 4) is 6.07 Å². The molecule has 0 radical (unpaired) electrons. The molecule has 4 heteroatoms. The van der Waals surface area contributed by atoms with Crippen LogP contribution in [0.15, 0.2) is 6.07 Å². The second-order valence-corrected chi connectivity index (χ2v) is 5.09. The Morgan fingerprint density at radius 2 is 2.27 bits per heavy atom. The molecule has 0 unspecified atom stereocenters. The molecule has 2 rings (SSSR count). The van der Waals surface area contributed by atoms with E-state index in [1.165, 1.54) is 37.0 Å². The highest BCUT2D eigenvalue weighted by Gasteiger charge is 2.15.